The van der Waals surface area contributed by atoms with Crippen molar-refractivity contribution in [1.82, 2.24) is 0 Å². The van der Waals surface area contributed by atoms with Gasteiger partial charge in [-0.3, -0.25) is 0 Å². The van der Waals surface area contributed by atoms with Gasteiger partial charge in [-0.05, 0) is 0 Å². The van der Waals surface area contributed by atoms with Crippen molar-refractivity contribution in [3.8, 4) is 0 Å². The first-order valence-electron chi connectivity index (χ1n) is 6.23. The molecule has 0 aromatic heterocycles. The topological polar surface area (TPSA) is 0 Å². The molecule has 0 fully saturated rings. The molecule has 0 unspecified atom stereocenters. The Labute approximate surface area is 153 Å². The predicted molar refractivity (Wildman–Crippen MR) is 80.5 cm³/mol. The van der Waals surface area contributed by atoms with Crippen LogP contribution in [0, 0.1) is 27.7 Å². The van der Waals surface area contributed by atoms with Gasteiger partial charge in [0.05, 0.1) is 0 Å². The van der Waals surface area contributed by atoms with Gasteiger partial charge in [0.2, 0.25) is 0 Å². The monoisotopic (exact) mass is 450 g/mol. The van der Waals surface area contributed by atoms with Crippen molar-refractivity contribution in [2.24, 2.45) is 0 Å². The van der Waals surface area contributed by atoms with E-state index in [-0.39, 0.29) is 34.8 Å². The molecule has 0 saturated heterocycles. The normalized spacial score (nSPS) is 8.00. The molecule has 0 bridgehead atoms. The van der Waals surface area contributed by atoms with Crippen LogP contribution in [0.2, 0.25) is 11.5 Å². The molecule has 0 aliphatic heterocycles. The minimum Gasteiger partial charge on any atom is -1.00 e. The van der Waals surface area contributed by atoms with Crippen LogP contribution in [0.1, 0.15) is 22.3 Å². The molecule has 0 amide bonds. The number of aryl methyl sites for hydroxylation is 4. The summed E-state index contributed by atoms with van der Waals surface area (Å²) in [4.78, 5) is 0. The standard InChI is InChI=1S/2C7H9.C2H6Ge.2ClH.Zr/c1-6-3-4-7(2)5-6;1-6-4-3-5-7(6)2;1-3-2;;;/h2*3-5H,1-2H3;1-2H3;2*1H;/q2*-1;;;;+2/p-2. The molecule has 0 radical (unpaired) electrons. The summed E-state index contributed by atoms with van der Waals surface area (Å²) in [7, 11) is -0.243. The Hall–Kier alpha value is 0.706. The van der Waals surface area contributed by atoms with Gasteiger partial charge >= 0.3 is 43.1 Å². The van der Waals surface area contributed by atoms with Gasteiger partial charge in [-0.1, -0.05) is 27.7 Å². The quantitative estimate of drug-likeness (QED) is 0.351. The van der Waals surface area contributed by atoms with Gasteiger partial charge in [-0.15, -0.1) is 0 Å². The van der Waals surface area contributed by atoms with E-state index < -0.39 is 0 Å². The molecular formula is C16H24Cl2GeZr-2. The summed E-state index contributed by atoms with van der Waals surface area (Å²) in [6.45, 7) is 8.45. The van der Waals surface area contributed by atoms with Crippen LogP contribution in [-0.4, -0.2) is 9.98 Å². The van der Waals surface area contributed by atoms with Crippen molar-refractivity contribution < 1.29 is 46.4 Å². The van der Waals surface area contributed by atoms with E-state index in [9.17, 15) is 0 Å². The molecule has 0 atom stereocenters. The summed E-state index contributed by atoms with van der Waals surface area (Å²) in [6, 6.07) is 12.7. The van der Waals surface area contributed by atoms with Crippen LogP contribution in [0.5, 0.6) is 0 Å². The van der Waals surface area contributed by atoms with Gasteiger partial charge in [0.25, 0.3) is 0 Å². The van der Waals surface area contributed by atoms with Gasteiger partial charge in [0.1, 0.15) is 0 Å². The Balaban J connectivity index is -0.000000215. The maximum Gasteiger partial charge on any atom is -1.00 e. The van der Waals surface area contributed by atoms with Crippen LogP contribution in [0.3, 0.4) is 0 Å². The van der Waals surface area contributed by atoms with E-state index in [4.69, 9.17) is 0 Å². The van der Waals surface area contributed by atoms with Crippen molar-refractivity contribution in [3.05, 3.63) is 58.7 Å². The summed E-state index contributed by atoms with van der Waals surface area (Å²) in [5.41, 5.74) is 5.50. The smallest absolute Gasteiger partial charge is 1.00 e. The molecule has 2 rings (SSSR count). The molecule has 0 aliphatic rings. The van der Waals surface area contributed by atoms with E-state index >= 15 is 0 Å². The Kier molecular flexibility index (Phi) is 18.8. The van der Waals surface area contributed by atoms with Crippen LogP contribution < -0.4 is 24.8 Å². The molecule has 112 valence electrons. The number of rotatable bonds is 0. The molecular weight excluding hydrogens is 427 g/mol. The summed E-state index contributed by atoms with van der Waals surface area (Å²) < 4.78 is 0. The SMILES string of the molecule is Cc1c[cH-]c(C)c1.Cc1cc[cH-]c1C.[CH3][Ge]([CH3])=[Zr+2].[Cl-].[Cl-]. The Morgan fingerprint density at radius 3 is 1.60 bits per heavy atom. The first-order valence-corrected chi connectivity index (χ1v) is 17.9. The number of hydrogen-bond acceptors (Lipinski definition) is 0. The zero-order valence-electron chi connectivity index (χ0n) is 13.2. The molecule has 0 heterocycles. The molecule has 4 heteroatoms. The van der Waals surface area contributed by atoms with Crippen LogP contribution in [-0.2, 0) is 21.6 Å². The second kappa shape index (κ2) is 14.6. The third-order valence-corrected chi connectivity index (χ3v) is 2.38. The molecule has 2 aromatic rings. The second-order valence-corrected chi connectivity index (χ2v) is 21.8. The van der Waals surface area contributed by atoms with Crippen molar-refractivity contribution >= 4 is 9.98 Å². The third-order valence-electron chi connectivity index (χ3n) is 2.38. The largest absolute Gasteiger partial charge is 1.00 e. The van der Waals surface area contributed by atoms with Crippen LogP contribution >= 0.6 is 0 Å². The van der Waals surface area contributed by atoms with E-state index in [1.165, 1.54) is 22.3 Å². The average Bonchev–Trinajstić information content (AvgIpc) is 2.77. The fourth-order valence-corrected chi connectivity index (χ4v) is 1.32. The molecule has 0 N–H and O–H groups in total. The van der Waals surface area contributed by atoms with E-state index in [1.54, 1.807) is 21.6 Å². The van der Waals surface area contributed by atoms with Gasteiger partial charge < -0.3 is 24.8 Å². The van der Waals surface area contributed by atoms with Crippen LogP contribution in [0.25, 0.3) is 0 Å². The first kappa shape index (κ1) is 25.6. The molecule has 0 saturated carbocycles. The van der Waals surface area contributed by atoms with Crippen LogP contribution in [0.4, 0.5) is 0 Å². The number of halogens is 2. The van der Waals surface area contributed by atoms with Crippen LogP contribution in [0.15, 0.2) is 36.4 Å². The summed E-state index contributed by atoms with van der Waals surface area (Å²) in [6.07, 6.45) is 0. The fraction of sp³-hybridized carbons (Fsp3) is 0.375. The zero-order valence-corrected chi connectivity index (χ0v) is 19.3. The fourth-order valence-electron chi connectivity index (χ4n) is 1.32. The van der Waals surface area contributed by atoms with E-state index in [0.717, 1.165) is 0 Å². The van der Waals surface area contributed by atoms with Gasteiger partial charge in [-0.25, -0.2) is 17.7 Å². The average molecular weight is 451 g/mol. The Bertz CT molecular complexity index is 435. The number of hydrogen-bond donors (Lipinski definition) is 0. The van der Waals surface area contributed by atoms with E-state index in [0.29, 0.717) is 0 Å². The second-order valence-electron chi connectivity index (χ2n) is 4.86. The Morgan fingerprint density at radius 2 is 1.50 bits per heavy atom. The van der Waals surface area contributed by atoms with Crippen molar-refractivity contribution in [3.63, 3.8) is 0 Å². The Morgan fingerprint density at radius 1 is 1.00 bits per heavy atom. The third kappa shape index (κ3) is 15.1. The zero-order chi connectivity index (χ0) is 14.1. The van der Waals surface area contributed by atoms with Crippen molar-refractivity contribution in [2.45, 2.75) is 39.2 Å². The molecule has 0 nitrogen and oxygen atoms in total. The van der Waals surface area contributed by atoms with Gasteiger partial charge in [0.15, 0.2) is 0 Å². The van der Waals surface area contributed by atoms with E-state index in [2.05, 4.69) is 75.6 Å². The maximum atomic E-state index is 2.37. The van der Waals surface area contributed by atoms with Crippen molar-refractivity contribution in [2.75, 3.05) is 0 Å². The molecule has 2 aromatic carbocycles. The molecule has 20 heavy (non-hydrogen) atoms. The van der Waals surface area contributed by atoms with E-state index in [1.807, 2.05) is 0 Å². The molecule has 0 aliphatic carbocycles. The minimum absolute atomic E-state index is 0. The predicted octanol–water partition coefficient (Wildman–Crippen LogP) is -1.16. The van der Waals surface area contributed by atoms with Gasteiger partial charge in [-0.2, -0.15) is 41.0 Å². The van der Waals surface area contributed by atoms with Gasteiger partial charge in [0, 0.05) is 0 Å². The minimum atomic E-state index is -0.243. The summed E-state index contributed by atoms with van der Waals surface area (Å²) >= 11 is 1.80. The summed E-state index contributed by atoms with van der Waals surface area (Å²) in [5.74, 6) is 4.75. The molecule has 0 spiro atoms. The van der Waals surface area contributed by atoms with Crippen molar-refractivity contribution in [1.29, 1.82) is 0 Å². The first-order chi connectivity index (χ1) is 8.32. The maximum absolute atomic E-state index is 2.37. The summed E-state index contributed by atoms with van der Waals surface area (Å²) in [5, 5.41) is 0.